The van der Waals surface area contributed by atoms with Gasteiger partial charge in [0, 0.05) is 37.4 Å². The first-order valence-corrected chi connectivity index (χ1v) is 9.88. The first kappa shape index (κ1) is 19.8. The lowest BCUT2D eigenvalue weighted by atomic mass is 10.1. The lowest BCUT2D eigenvalue weighted by Crippen LogP contribution is -2.49. The quantitative estimate of drug-likeness (QED) is 0.624. The predicted octanol–water partition coefficient (Wildman–Crippen LogP) is 2.31. The van der Waals surface area contributed by atoms with E-state index in [1.54, 1.807) is 25.1 Å². The maximum Gasteiger partial charge on any atom is 0.244 e. The molecule has 0 aliphatic carbocycles. The molecule has 0 unspecified atom stereocenters. The minimum atomic E-state index is 0.0477. The average Bonchev–Trinajstić information content (AvgIpc) is 3.27. The molecule has 30 heavy (non-hydrogen) atoms. The van der Waals surface area contributed by atoms with E-state index in [0.717, 1.165) is 18.7 Å². The summed E-state index contributed by atoms with van der Waals surface area (Å²) >= 11 is 0. The van der Waals surface area contributed by atoms with E-state index in [1.807, 2.05) is 41.3 Å². The van der Waals surface area contributed by atoms with Gasteiger partial charge in [-0.2, -0.15) is 0 Å². The molecule has 1 aliphatic heterocycles. The first-order valence-electron chi connectivity index (χ1n) is 9.88. The Bertz CT molecular complexity index is 997. The van der Waals surface area contributed by atoms with Crippen LogP contribution in [0.5, 0.6) is 11.5 Å². The molecule has 0 bridgehead atoms. The Morgan fingerprint density at radius 1 is 0.967 bits per heavy atom. The Balaban J connectivity index is 1.37. The molecule has 0 atom stereocenters. The zero-order valence-corrected chi connectivity index (χ0v) is 17.2. The van der Waals surface area contributed by atoms with E-state index in [-0.39, 0.29) is 12.5 Å². The number of carbonyl (C=O) groups is 1. The van der Waals surface area contributed by atoms with Gasteiger partial charge in [-0.1, -0.05) is 23.4 Å². The van der Waals surface area contributed by atoms with E-state index < -0.39 is 0 Å². The highest BCUT2D eigenvalue weighted by Gasteiger charge is 2.22. The highest BCUT2D eigenvalue weighted by molar-refractivity contribution is 5.76. The third-order valence-corrected chi connectivity index (χ3v) is 5.27. The molecule has 3 aromatic rings. The van der Waals surface area contributed by atoms with Gasteiger partial charge in [0.1, 0.15) is 12.2 Å². The Labute approximate surface area is 175 Å². The summed E-state index contributed by atoms with van der Waals surface area (Å²) in [6, 6.07) is 15.8. The van der Waals surface area contributed by atoms with Crippen molar-refractivity contribution >= 4 is 11.6 Å². The van der Waals surface area contributed by atoms with E-state index in [0.29, 0.717) is 30.3 Å². The number of rotatable bonds is 6. The molecule has 1 saturated heterocycles. The zero-order valence-electron chi connectivity index (χ0n) is 17.2. The number of hydrogen-bond donors (Lipinski definition) is 0. The van der Waals surface area contributed by atoms with Crippen molar-refractivity contribution in [3.63, 3.8) is 0 Å². The van der Waals surface area contributed by atoms with Crippen LogP contribution >= 0.6 is 0 Å². The van der Waals surface area contributed by atoms with Crippen LogP contribution in [0.4, 0.5) is 5.69 Å². The van der Waals surface area contributed by atoms with Gasteiger partial charge in [0.2, 0.25) is 5.91 Å². The molecule has 1 aromatic heterocycles. The van der Waals surface area contributed by atoms with Crippen LogP contribution in [0, 0.1) is 0 Å². The highest BCUT2D eigenvalue weighted by atomic mass is 16.5. The molecule has 0 saturated carbocycles. The Kier molecular flexibility index (Phi) is 5.83. The normalized spacial score (nSPS) is 13.9. The molecule has 0 radical (unpaired) electrons. The minimum absolute atomic E-state index is 0.0477. The van der Waals surface area contributed by atoms with Crippen molar-refractivity contribution < 1.29 is 14.3 Å². The highest BCUT2D eigenvalue weighted by Crippen LogP contribution is 2.31. The molecule has 156 valence electrons. The maximum atomic E-state index is 12.7. The monoisotopic (exact) mass is 407 g/mol. The summed E-state index contributed by atoms with van der Waals surface area (Å²) in [5.74, 6) is 1.32. The van der Waals surface area contributed by atoms with Gasteiger partial charge < -0.3 is 19.3 Å². The van der Waals surface area contributed by atoms with Crippen molar-refractivity contribution in [1.29, 1.82) is 0 Å². The number of para-hydroxylation sites is 1. The second kappa shape index (κ2) is 8.86. The molecule has 2 aromatic carbocycles. The third kappa shape index (κ3) is 4.22. The average molecular weight is 407 g/mol. The third-order valence-electron chi connectivity index (χ3n) is 5.27. The topological polar surface area (TPSA) is 72.7 Å². The summed E-state index contributed by atoms with van der Waals surface area (Å²) in [5.41, 5.74) is 2.72. The Hall–Kier alpha value is -3.55. The molecule has 0 N–H and O–H groups in total. The van der Waals surface area contributed by atoms with Gasteiger partial charge in [-0.05, 0) is 30.3 Å². The van der Waals surface area contributed by atoms with E-state index >= 15 is 0 Å². The Morgan fingerprint density at radius 2 is 1.70 bits per heavy atom. The molecule has 1 fully saturated rings. The van der Waals surface area contributed by atoms with Crippen LogP contribution in [0.3, 0.4) is 0 Å². The van der Waals surface area contributed by atoms with Crippen molar-refractivity contribution in [3.05, 3.63) is 54.7 Å². The van der Waals surface area contributed by atoms with Gasteiger partial charge in [0.15, 0.2) is 11.5 Å². The van der Waals surface area contributed by atoms with Crippen LogP contribution in [0.15, 0.2) is 54.7 Å². The number of carbonyl (C=O) groups excluding carboxylic acids is 1. The number of ether oxygens (including phenoxy) is 2. The smallest absolute Gasteiger partial charge is 0.244 e. The number of aromatic nitrogens is 3. The summed E-state index contributed by atoms with van der Waals surface area (Å²) < 4.78 is 12.2. The fourth-order valence-corrected chi connectivity index (χ4v) is 3.59. The molecule has 8 heteroatoms. The largest absolute Gasteiger partial charge is 0.493 e. The molecular weight excluding hydrogens is 382 g/mol. The second-order valence-corrected chi connectivity index (χ2v) is 7.07. The zero-order chi connectivity index (χ0) is 20.9. The first-order chi connectivity index (χ1) is 14.7. The van der Waals surface area contributed by atoms with Crippen molar-refractivity contribution in [2.45, 2.75) is 6.54 Å². The lowest BCUT2D eigenvalue weighted by Gasteiger charge is -2.36. The SMILES string of the molecule is COc1ccc(-c2cn(CC(=O)N3CCN(c4ccccc4)CC3)nn2)cc1OC. The summed E-state index contributed by atoms with van der Waals surface area (Å²) in [4.78, 5) is 16.9. The Morgan fingerprint density at radius 3 is 2.40 bits per heavy atom. The molecule has 0 spiro atoms. The molecule has 1 amide bonds. The van der Waals surface area contributed by atoms with Crippen molar-refractivity contribution in [3.8, 4) is 22.8 Å². The summed E-state index contributed by atoms with van der Waals surface area (Å²) in [7, 11) is 3.19. The number of hydrogen-bond acceptors (Lipinski definition) is 6. The summed E-state index contributed by atoms with van der Waals surface area (Å²) in [6.07, 6.45) is 1.78. The molecule has 4 rings (SSSR count). The molecule has 8 nitrogen and oxygen atoms in total. The van der Waals surface area contributed by atoms with Crippen LogP contribution in [0.25, 0.3) is 11.3 Å². The standard InChI is InChI=1S/C22H25N5O3/c1-29-20-9-8-17(14-21(20)30-2)19-15-27(24-23-19)16-22(28)26-12-10-25(11-13-26)18-6-4-3-5-7-18/h3-9,14-15H,10-13,16H2,1-2H3. The van der Waals surface area contributed by atoms with Crippen molar-refractivity contribution in [2.24, 2.45) is 0 Å². The van der Waals surface area contributed by atoms with E-state index in [1.165, 1.54) is 5.69 Å². The number of benzene rings is 2. The number of piperazine rings is 1. The fourth-order valence-electron chi connectivity index (χ4n) is 3.59. The van der Waals surface area contributed by atoms with Crippen LogP contribution in [0.1, 0.15) is 0 Å². The van der Waals surface area contributed by atoms with E-state index in [4.69, 9.17) is 9.47 Å². The van der Waals surface area contributed by atoms with Gasteiger partial charge >= 0.3 is 0 Å². The van der Waals surface area contributed by atoms with Crippen molar-refractivity contribution in [1.82, 2.24) is 19.9 Å². The number of methoxy groups -OCH3 is 2. The molecular formula is C22H25N5O3. The summed E-state index contributed by atoms with van der Waals surface area (Å²) in [5, 5.41) is 8.33. The summed E-state index contributed by atoms with van der Waals surface area (Å²) in [6.45, 7) is 3.22. The van der Waals surface area contributed by atoms with Crippen LogP contribution in [-0.4, -0.2) is 66.2 Å². The van der Waals surface area contributed by atoms with E-state index in [2.05, 4.69) is 27.3 Å². The number of amides is 1. The van der Waals surface area contributed by atoms with Crippen LogP contribution in [0.2, 0.25) is 0 Å². The van der Waals surface area contributed by atoms with Gasteiger partial charge in [-0.25, -0.2) is 4.68 Å². The van der Waals surface area contributed by atoms with E-state index in [9.17, 15) is 4.79 Å². The number of nitrogens with zero attached hydrogens (tertiary/aromatic N) is 5. The minimum Gasteiger partial charge on any atom is -0.493 e. The second-order valence-electron chi connectivity index (χ2n) is 7.07. The molecule has 1 aliphatic rings. The van der Waals surface area contributed by atoms with Crippen molar-refractivity contribution in [2.75, 3.05) is 45.3 Å². The van der Waals surface area contributed by atoms with Crippen LogP contribution in [-0.2, 0) is 11.3 Å². The number of anilines is 1. The van der Waals surface area contributed by atoms with Gasteiger partial charge in [0.05, 0.1) is 20.4 Å². The fraction of sp³-hybridized carbons (Fsp3) is 0.318. The van der Waals surface area contributed by atoms with Gasteiger partial charge in [0.25, 0.3) is 0 Å². The van der Waals surface area contributed by atoms with Crippen LogP contribution < -0.4 is 14.4 Å². The van der Waals surface area contributed by atoms with Gasteiger partial charge in [-0.15, -0.1) is 5.10 Å². The molecule has 2 heterocycles. The van der Waals surface area contributed by atoms with Gasteiger partial charge in [-0.3, -0.25) is 4.79 Å². The predicted molar refractivity (Wildman–Crippen MR) is 114 cm³/mol. The lowest BCUT2D eigenvalue weighted by molar-refractivity contribution is -0.132. The maximum absolute atomic E-state index is 12.7.